The molecule has 0 fully saturated rings. The molecule has 0 aromatic heterocycles. The van der Waals surface area contributed by atoms with Crippen molar-refractivity contribution in [3.8, 4) is 11.5 Å². The summed E-state index contributed by atoms with van der Waals surface area (Å²) in [5.74, 6) is 1.58. The molecule has 0 aliphatic carbocycles. The first-order chi connectivity index (χ1) is 19.2. The second-order valence-corrected chi connectivity index (χ2v) is 10.2. The van der Waals surface area contributed by atoms with Crippen molar-refractivity contribution in [2.45, 2.75) is 0 Å². The Kier molecular flexibility index (Phi) is 7.27. The number of hydrogen-bond donors (Lipinski definition) is 0. The van der Waals surface area contributed by atoms with Crippen molar-refractivity contribution >= 4 is 52.4 Å². The average molecular weight is 544 g/mol. The highest BCUT2D eigenvalue weighted by atomic mass is 35.5. The molecule has 0 saturated heterocycles. The van der Waals surface area contributed by atoms with E-state index >= 15 is 0 Å². The van der Waals surface area contributed by atoms with Crippen LogP contribution in [0.4, 0.5) is 5.69 Å². The zero-order valence-corrected chi connectivity index (χ0v) is 22.6. The molecule has 0 bridgehead atoms. The molecular weight excluding hydrogens is 520 g/mol. The van der Waals surface area contributed by atoms with Crippen LogP contribution in [0.2, 0.25) is 10.0 Å². The van der Waals surface area contributed by atoms with E-state index in [4.69, 9.17) is 27.9 Å². The van der Waals surface area contributed by atoms with E-state index < -0.39 is 0 Å². The van der Waals surface area contributed by atoms with Gasteiger partial charge in [0.1, 0.15) is 11.5 Å². The number of hydrogen-bond acceptors (Lipinski definition) is 2. The van der Waals surface area contributed by atoms with Gasteiger partial charge in [-0.2, -0.15) is 0 Å². The lowest BCUT2D eigenvalue weighted by atomic mass is 9.45. The summed E-state index contributed by atoms with van der Waals surface area (Å²) in [6.07, 6.45) is 4.41. The number of rotatable bonds is 6. The summed E-state index contributed by atoms with van der Waals surface area (Å²) >= 11 is 12.6. The molecule has 5 heteroatoms. The molecule has 1 aliphatic heterocycles. The van der Waals surface area contributed by atoms with Gasteiger partial charge in [0.05, 0.1) is 0 Å². The van der Waals surface area contributed by atoms with Crippen LogP contribution in [0.3, 0.4) is 0 Å². The highest BCUT2D eigenvalue weighted by Gasteiger charge is 2.35. The molecule has 2 nitrogen and oxygen atoms in total. The van der Waals surface area contributed by atoms with Crippen LogP contribution in [-0.4, -0.2) is 6.85 Å². The van der Waals surface area contributed by atoms with Gasteiger partial charge in [0.25, 0.3) is 0 Å². The Balaban J connectivity index is 1.49. The van der Waals surface area contributed by atoms with E-state index in [1.165, 1.54) is 5.47 Å². The van der Waals surface area contributed by atoms with Gasteiger partial charge in [0.2, 0.25) is 0 Å². The van der Waals surface area contributed by atoms with E-state index in [1.54, 1.807) is 0 Å². The molecule has 0 unspecified atom stereocenters. The number of benzene rings is 5. The van der Waals surface area contributed by atoms with Gasteiger partial charge in [0, 0.05) is 21.4 Å². The fourth-order valence-electron chi connectivity index (χ4n) is 4.92. The zero-order chi connectivity index (χ0) is 26.6. The van der Waals surface area contributed by atoms with Gasteiger partial charge in [0.15, 0.2) is 0 Å². The second kappa shape index (κ2) is 11.3. The van der Waals surface area contributed by atoms with Crippen LogP contribution in [0, 0.1) is 0 Å². The lowest BCUT2D eigenvalue weighted by molar-refractivity contribution is 0.483. The Morgan fingerprint density at radius 1 is 0.513 bits per heavy atom. The Bertz CT molecular complexity index is 1620. The predicted octanol–water partition coefficient (Wildman–Crippen LogP) is 9.17. The average Bonchev–Trinajstić information content (AvgIpc) is 2.99. The maximum absolute atomic E-state index is 6.31. The second-order valence-electron chi connectivity index (χ2n) is 9.28. The van der Waals surface area contributed by atoms with E-state index in [0.29, 0.717) is 10.0 Å². The molecule has 0 atom stereocenters. The quantitative estimate of drug-likeness (QED) is 0.198. The molecule has 39 heavy (non-hydrogen) atoms. The van der Waals surface area contributed by atoms with Crippen LogP contribution in [0.25, 0.3) is 11.2 Å². The third kappa shape index (κ3) is 5.51. The monoisotopic (exact) mass is 543 g/mol. The Labute approximate surface area is 239 Å². The highest BCUT2D eigenvalue weighted by molar-refractivity contribution is 6.94. The maximum Gasteiger partial charge on any atom is 0.328 e. The molecule has 1 heterocycles. The molecular formula is C34H24BCl2NO. The lowest BCUT2D eigenvalue weighted by Crippen LogP contribution is -2.50. The molecule has 188 valence electrons. The van der Waals surface area contributed by atoms with Crippen molar-refractivity contribution in [2.75, 3.05) is 4.81 Å². The van der Waals surface area contributed by atoms with Crippen LogP contribution < -0.4 is 15.0 Å². The van der Waals surface area contributed by atoms with E-state index in [0.717, 1.165) is 39.5 Å². The number of anilines is 1. The minimum absolute atomic E-state index is 0.0961. The first-order valence-electron chi connectivity index (χ1n) is 12.8. The van der Waals surface area contributed by atoms with Crippen LogP contribution in [0.15, 0.2) is 146 Å². The van der Waals surface area contributed by atoms with Crippen molar-refractivity contribution in [3.63, 3.8) is 0 Å². The Hall–Kier alpha value is -4.18. The molecule has 0 spiro atoms. The van der Waals surface area contributed by atoms with Gasteiger partial charge in [-0.1, -0.05) is 108 Å². The fraction of sp³-hybridized carbons (Fsp3) is 0. The van der Waals surface area contributed by atoms with Crippen LogP contribution in [0.5, 0.6) is 11.5 Å². The third-order valence-corrected chi connectivity index (χ3v) is 7.26. The smallest absolute Gasteiger partial charge is 0.328 e. The Morgan fingerprint density at radius 3 is 1.72 bits per heavy atom. The molecule has 0 amide bonds. The highest BCUT2D eigenvalue weighted by Crippen LogP contribution is 2.37. The van der Waals surface area contributed by atoms with Gasteiger partial charge < -0.3 is 9.55 Å². The predicted molar refractivity (Wildman–Crippen MR) is 166 cm³/mol. The van der Waals surface area contributed by atoms with Gasteiger partial charge >= 0.3 is 6.85 Å². The molecule has 5 aromatic carbocycles. The topological polar surface area (TPSA) is 12.5 Å². The summed E-state index contributed by atoms with van der Waals surface area (Å²) in [6.45, 7) is -0.0961. The van der Waals surface area contributed by atoms with Gasteiger partial charge in [-0.3, -0.25) is 0 Å². The first-order valence-corrected chi connectivity index (χ1v) is 13.5. The number of para-hydroxylation sites is 1. The van der Waals surface area contributed by atoms with E-state index in [9.17, 15) is 0 Å². The van der Waals surface area contributed by atoms with Gasteiger partial charge in [-0.05, 0) is 83.3 Å². The molecule has 0 saturated carbocycles. The molecule has 6 rings (SSSR count). The van der Waals surface area contributed by atoms with Crippen molar-refractivity contribution in [1.29, 1.82) is 0 Å². The number of allylic oxidation sites excluding steroid dienone is 2. The van der Waals surface area contributed by atoms with Gasteiger partial charge in [-0.15, -0.1) is 0 Å². The van der Waals surface area contributed by atoms with Crippen molar-refractivity contribution in [3.05, 3.63) is 167 Å². The van der Waals surface area contributed by atoms with Crippen LogP contribution in [0.1, 0.15) is 11.1 Å². The summed E-state index contributed by atoms with van der Waals surface area (Å²) in [5.41, 5.74) is 6.68. The van der Waals surface area contributed by atoms with Gasteiger partial charge in [-0.25, -0.2) is 0 Å². The number of ether oxygens (including phenoxy) is 1. The van der Waals surface area contributed by atoms with E-state index in [-0.39, 0.29) is 6.85 Å². The molecule has 5 aromatic rings. The SMILES string of the molecule is Clc1ccc(B2C(c3ccccc3)=CC=C(c3ccc(Cl)cc3)N2c2ccc(Oc3ccccc3)cc2)cc1. The van der Waals surface area contributed by atoms with E-state index in [2.05, 4.69) is 77.6 Å². The Morgan fingerprint density at radius 2 is 1.08 bits per heavy atom. The summed E-state index contributed by atoms with van der Waals surface area (Å²) in [6, 6.07) is 44.7. The summed E-state index contributed by atoms with van der Waals surface area (Å²) < 4.78 is 6.09. The minimum Gasteiger partial charge on any atom is -0.457 e. The first kappa shape index (κ1) is 25.1. The molecule has 0 N–H and O–H groups in total. The largest absolute Gasteiger partial charge is 0.457 e. The standard InChI is InChI=1S/C34H24BCl2NO/c36-28-15-11-26(12-16-28)34-24-23-33(25-7-3-1-4-8-25)35(27-13-17-29(37)18-14-27)38(34)30-19-21-32(22-20-30)39-31-9-5-2-6-10-31/h1-24H. The van der Waals surface area contributed by atoms with Crippen molar-refractivity contribution < 1.29 is 4.74 Å². The third-order valence-electron chi connectivity index (χ3n) is 6.76. The van der Waals surface area contributed by atoms with Crippen molar-refractivity contribution in [1.82, 2.24) is 0 Å². The minimum atomic E-state index is -0.0961. The number of halogens is 2. The molecule has 0 radical (unpaired) electrons. The summed E-state index contributed by atoms with van der Waals surface area (Å²) in [5, 5.41) is 1.42. The summed E-state index contributed by atoms with van der Waals surface area (Å²) in [7, 11) is 0. The lowest BCUT2D eigenvalue weighted by Gasteiger charge is -2.38. The zero-order valence-electron chi connectivity index (χ0n) is 21.0. The van der Waals surface area contributed by atoms with E-state index in [1.807, 2.05) is 72.8 Å². The molecule has 1 aliphatic rings. The normalized spacial score (nSPS) is 13.1. The fourth-order valence-corrected chi connectivity index (χ4v) is 5.17. The van der Waals surface area contributed by atoms with Crippen LogP contribution in [-0.2, 0) is 0 Å². The summed E-state index contributed by atoms with van der Waals surface area (Å²) in [4.78, 5) is 2.38. The maximum atomic E-state index is 6.31. The van der Waals surface area contributed by atoms with Crippen molar-refractivity contribution in [2.24, 2.45) is 0 Å². The van der Waals surface area contributed by atoms with Crippen LogP contribution >= 0.6 is 23.2 Å². The number of nitrogens with zero attached hydrogens (tertiary/aromatic N) is 1.